The molecule has 5 nitrogen and oxygen atoms in total. The highest BCUT2D eigenvalue weighted by Gasteiger charge is 2.14. The summed E-state index contributed by atoms with van der Waals surface area (Å²) in [4.78, 5) is 28.4. The normalized spacial score (nSPS) is 10.8. The maximum Gasteiger partial charge on any atom is 0.308 e. The number of ether oxygens (including phenoxy) is 1. The van der Waals surface area contributed by atoms with Crippen LogP contribution in [0.1, 0.15) is 6.92 Å². The van der Waals surface area contributed by atoms with E-state index in [0.29, 0.717) is 28.0 Å². The topological polar surface area (TPSA) is 69.4 Å². The van der Waals surface area contributed by atoms with Gasteiger partial charge >= 0.3 is 5.97 Å². The lowest BCUT2D eigenvalue weighted by atomic mass is 10.1. The molecule has 0 saturated heterocycles. The number of rotatable bonds is 3. The van der Waals surface area contributed by atoms with Crippen LogP contribution in [0.5, 0.6) is 5.75 Å². The molecule has 0 spiro atoms. The van der Waals surface area contributed by atoms with E-state index in [-0.39, 0.29) is 5.43 Å². The van der Waals surface area contributed by atoms with Gasteiger partial charge in [0.15, 0.2) is 0 Å². The van der Waals surface area contributed by atoms with Crippen molar-refractivity contribution >= 4 is 28.3 Å². The molecular weight excluding hydrogens is 350 g/mol. The lowest BCUT2D eigenvalue weighted by Gasteiger charge is -2.03. The lowest BCUT2D eigenvalue weighted by molar-refractivity contribution is -0.131. The molecule has 26 heavy (non-hydrogen) atoms. The van der Waals surface area contributed by atoms with Crippen LogP contribution in [-0.2, 0) is 4.79 Å². The van der Waals surface area contributed by atoms with Crippen LogP contribution in [0.3, 0.4) is 0 Å². The maximum atomic E-state index is 12.8. The number of hydrogen-bond donors (Lipinski definition) is 0. The fraction of sp³-hybridized carbons (Fsp3) is 0.0500. The first-order valence-electron chi connectivity index (χ1n) is 7.87. The Kier molecular flexibility index (Phi) is 4.10. The highest BCUT2D eigenvalue weighted by atomic mass is 32.1. The molecule has 0 atom stereocenters. The van der Waals surface area contributed by atoms with Crippen LogP contribution in [0, 0.1) is 0 Å². The van der Waals surface area contributed by atoms with E-state index in [1.165, 1.54) is 30.6 Å². The quantitative estimate of drug-likeness (QED) is 0.396. The Morgan fingerprint density at radius 1 is 1.15 bits per heavy atom. The smallest absolute Gasteiger partial charge is 0.308 e. The first-order valence-corrected chi connectivity index (χ1v) is 8.75. The van der Waals surface area contributed by atoms with Gasteiger partial charge in [0.05, 0.1) is 16.6 Å². The summed E-state index contributed by atoms with van der Waals surface area (Å²) in [6, 6.07) is 14.5. The predicted molar refractivity (Wildman–Crippen MR) is 100 cm³/mol. The molecule has 0 fully saturated rings. The minimum absolute atomic E-state index is 0.175. The molecule has 4 rings (SSSR count). The molecule has 0 aliphatic rings. The van der Waals surface area contributed by atoms with Crippen LogP contribution in [0.2, 0.25) is 0 Å². The molecule has 6 heteroatoms. The average molecular weight is 363 g/mol. The molecule has 0 N–H and O–H groups in total. The van der Waals surface area contributed by atoms with Crippen LogP contribution in [0.4, 0.5) is 0 Å². The fourth-order valence-electron chi connectivity index (χ4n) is 2.63. The highest BCUT2D eigenvalue weighted by molar-refractivity contribution is 7.13. The molecule has 0 aliphatic heterocycles. The van der Waals surface area contributed by atoms with E-state index in [0.717, 1.165) is 10.6 Å². The summed E-state index contributed by atoms with van der Waals surface area (Å²) < 4.78 is 10.6. The molecule has 0 bridgehead atoms. The number of nitrogens with zero attached hydrogens (tertiary/aromatic N) is 1. The van der Waals surface area contributed by atoms with Gasteiger partial charge in [-0.2, -0.15) is 0 Å². The number of benzene rings is 2. The zero-order valence-electron chi connectivity index (χ0n) is 13.8. The molecule has 2 aromatic heterocycles. The van der Waals surface area contributed by atoms with Crippen LogP contribution < -0.4 is 10.2 Å². The van der Waals surface area contributed by atoms with E-state index in [9.17, 15) is 9.59 Å². The van der Waals surface area contributed by atoms with Crippen molar-refractivity contribution < 1.29 is 13.9 Å². The van der Waals surface area contributed by atoms with Gasteiger partial charge in [0.1, 0.15) is 22.6 Å². The number of carbonyl (C=O) groups excluding carboxylic acids is 1. The largest absolute Gasteiger partial charge is 0.463 e. The number of esters is 1. The number of carbonyl (C=O) groups is 1. The number of fused-ring (bicyclic) bond motifs is 1. The molecular formula is C20H13NO4S. The van der Waals surface area contributed by atoms with Crippen LogP contribution in [0.15, 0.2) is 69.4 Å². The first kappa shape index (κ1) is 16.2. The summed E-state index contributed by atoms with van der Waals surface area (Å²) >= 11 is 1.47. The summed E-state index contributed by atoms with van der Waals surface area (Å²) in [5.74, 6) is -0.0971. The monoisotopic (exact) mass is 363 g/mol. The molecule has 128 valence electrons. The summed E-state index contributed by atoms with van der Waals surface area (Å²) in [6.45, 7) is 1.32. The van der Waals surface area contributed by atoms with Crippen molar-refractivity contribution in [1.29, 1.82) is 0 Å². The molecule has 0 aliphatic carbocycles. The van der Waals surface area contributed by atoms with Crippen molar-refractivity contribution in [2.24, 2.45) is 0 Å². The van der Waals surface area contributed by atoms with Crippen LogP contribution >= 0.6 is 11.3 Å². The van der Waals surface area contributed by atoms with Gasteiger partial charge in [-0.3, -0.25) is 9.59 Å². The molecule has 0 radical (unpaired) electrons. The van der Waals surface area contributed by atoms with Gasteiger partial charge in [0.25, 0.3) is 0 Å². The molecule has 4 aromatic rings. The van der Waals surface area contributed by atoms with Crippen molar-refractivity contribution in [3.63, 3.8) is 0 Å². The van der Waals surface area contributed by atoms with Crippen LogP contribution in [0.25, 0.3) is 32.8 Å². The van der Waals surface area contributed by atoms with Gasteiger partial charge in [0, 0.05) is 23.9 Å². The minimum Gasteiger partial charge on any atom is -0.463 e. The van der Waals surface area contributed by atoms with E-state index in [1.807, 2.05) is 35.7 Å². The van der Waals surface area contributed by atoms with Crippen molar-refractivity contribution in [2.45, 2.75) is 6.92 Å². The molecule has 2 heterocycles. The third kappa shape index (κ3) is 3.02. The van der Waals surface area contributed by atoms with Crippen molar-refractivity contribution in [2.75, 3.05) is 0 Å². The van der Waals surface area contributed by atoms with Gasteiger partial charge < -0.3 is 9.15 Å². The van der Waals surface area contributed by atoms with Gasteiger partial charge in [-0.1, -0.05) is 30.3 Å². The third-order valence-corrected chi connectivity index (χ3v) is 4.70. The zero-order valence-corrected chi connectivity index (χ0v) is 14.6. The Balaban J connectivity index is 1.76. The average Bonchev–Trinajstić information content (AvgIpc) is 3.12. The summed E-state index contributed by atoms with van der Waals surface area (Å²) in [7, 11) is 0. The van der Waals surface area contributed by atoms with E-state index in [4.69, 9.17) is 9.15 Å². The zero-order chi connectivity index (χ0) is 18.1. The Morgan fingerprint density at radius 3 is 2.73 bits per heavy atom. The highest BCUT2D eigenvalue weighted by Crippen LogP contribution is 2.29. The molecule has 0 saturated carbocycles. The Hall–Kier alpha value is -3.25. The second-order valence-electron chi connectivity index (χ2n) is 5.63. The van der Waals surface area contributed by atoms with Crippen LogP contribution in [-0.4, -0.2) is 11.0 Å². The number of thiazole rings is 1. The molecule has 0 amide bonds. The third-order valence-electron chi connectivity index (χ3n) is 3.81. The van der Waals surface area contributed by atoms with Crippen molar-refractivity contribution in [3.05, 3.63) is 70.4 Å². The molecule has 0 unspecified atom stereocenters. The summed E-state index contributed by atoms with van der Waals surface area (Å²) in [6.07, 6.45) is 1.39. The van der Waals surface area contributed by atoms with E-state index >= 15 is 0 Å². The van der Waals surface area contributed by atoms with E-state index in [2.05, 4.69) is 4.98 Å². The van der Waals surface area contributed by atoms with Crippen molar-refractivity contribution in [1.82, 2.24) is 4.98 Å². The van der Waals surface area contributed by atoms with E-state index < -0.39 is 5.97 Å². The Morgan fingerprint density at radius 2 is 1.96 bits per heavy atom. The predicted octanol–water partition coefficient (Wildman–Crippen LogP) is 4.51. The van der Waals surface area contributed by atoms with Gasteiger partial charge in [-0.05, 0) is 12.1 Å². The standard InChI is InChI=1S/C20H13NO4S/c1-12(22)25-14-7-8-15-18(9-14)24-10-16(19(15)23)17-11-26-20(21-17)13-5-3-2-4-6-13/h2-11H,1H3. The fourth-order valence-corrected chi connectivity index (χ4v) is 3.45. The van der Waals surface area contributed by atoms with Crippen molar-refractivity contribution in [3.8, 4) is 27.6 Å². The lowest BCUT2D eigenvalue weighted by Crippen LogP contribution is -2.06. The van der Waals surface area contributed by atoms with Gasteiger partial charge in [-0.15, -0.1) is 11.3 Å². The van der Waals surface area contributed by atoms with E-state index in [1.54, 1.807) is 12.1 Å². The number of aromatic nitrogens is 1. The first-order chi connectivity index (χ1) is 12.6. The molecule has 2 aromatic carbocycles. The Labute approximate surface area is 152 Å². The Bertz CT molecular complexity index is 1160. The summed E-state index contributed by atoms with van der Waals surface area (Å²) in [5.41, 5.74) is 2.16. The second-order valence-corrected chi connectivity index (χ2v) is 6.49. The van der Waals surface area contributed by atoms with Gasteiger partial charge in [-0.25, -0.2) is 4.98 Å². The maximum absolute atomic E-state index is 12.8. The van der Waals surface area contributed by atoms with Gasteiger partial charge in [0.2, 0.25) is 5.43 Å². The minimum atomic E-state index is -0.431. The summed E-state index contributed by atoms with van der Waals surface area (Å²) in [5, 5.41) is 3.09. The second kappa shape index (κ2) is 6.57. The SMILES string of the molecule is CC(=O)Oc1ccc2c(=O)c(-c3csc(-c4ccccc4)n3)coc2c1. The number of hydrogen-bond acceptors (Lipinski definition) is 6.